The van der Waals surface area contributed by atoms with E-state index in [9.17, 15) is 4.79 Å². The minimum Gasteiger partial charge on any atom is -0.497 e. The van der Waals surface area contributed by atoms with Crippen molar-refractivity contribution >= 4 is 5.78 Å². The topological polar surface area (TPSA) is 26.3 Å². The molecule has 1 aromatic rings. The Bertz CT molecular complexity index is 444. The average molecular weight is 258 g/mol. The Hall–Kier alpha value is -1.83. The van der Waals surface area contributed by atoms with Gasteiger partial charge in [0.2, 0.25) is 0 Å². The van der Waals surface area contributed by atoms with E-state index in [1.54, 1.807) is 13.2 Å². The van der Waals surface area contributed by atoms with Crippen LogP contribution in [-0.2, 0) is 11.2 Å². The molecule has 0 aliphatic carbocycles. The van der Waals surface area contributed by atoms with Gasteiger partial charge < -0.3 is 4.74 Å². The first-order chi connectivity index (χ1) is 9.26. The fourth-order valence-corrected chi connectivity index (χ4v) is 1.68. The third kappa shape index (κ3) is 6.61. The SMILES string of the molecule is CCC/C=C/C=C/C(=O)CCc1cccc(OC)c1. The molecule has 0 saturated carbocycles. The quantitative estimate of drug-likeness (QED) is 0.518. The fourth-order valence-electron chi connectivity index (χ4n) is 1.68. The van der Waals surface area contributed by atoms with Crippen LogP contribution in [0.4, 0.5) is 0 Å². The van der Waals surface area contributed by atoms with Gasteiger partial charge in [-0.3, -0.25) is 4.79 Å². The van der Waals surface area contributed by atoms with Crippen molar-refractivity contribution in [2.24, 2.45) is 0 Å². The number of ether oxygens (including phenoxy) is 1. The first kappa shape index (κ1) is 15.2. The number of aryl methyl sites for hydroxylation is 1. The molecule has 0 heterocycles. The highest BCUT2D eigenvalue weighted by Crippen LogP contribution is 2.14. The van der Waals surface area contributed by atoms with E-state index in [1.807, 2.05) is 36.4 Å². The zero-order valence-corrected chi connectivity index (χ0v) is 11.8. The van der Waals surface area contributed by atoms with Gasteiger partial charge >= 0.3 is 0 Å². The number of rotatable bonds is 8. The van der Waals surface area contributed by atoms with Gasteiger partial charge in [0.15, 0.2) is 5.78 Å². The molecule has 0 saturated heterocycles. The Labute approximate surface area is 115 Å². The number of carbonyl (C=O) groups excluding carboxylic acids is 1. The van der Waals surface area contributed by atoms with Crippen LogP contribution in [0.5, 0.6) is 5.75 Å². The van der Waals surface area contributed by atoms with Gasteiger partial charge in [-0.05, 0) is 36.6 Å². The van der Waals surface area contributed by atoms with Crippen LogP contribution in [0.15, 0.2) is 48.6 Å². The Kier molecular flexibility index (Phi) is 7.33. The van der Waals surface area contributed by atoms with Crippen LogP contribution < -0.4 is 4.74 Å². The molecule has 2 heteroatoms. The molecule has 0 N–H and O–H groups in total. The second-order valence-electron chi connectivity index (χ2n) is 4.39. The lowest BCUT2D eigenvalue weighted by atomic mass is 10.1. The van der Waals surface area contributed by atoms with E-state index in [2.05, 4.69) is 13.0 Å². The Morgan fingerprint density at radius 3 is 2.89 bits per heavy atom. The number of hydrogen-bond donors (Lipinski definition) is 0. The Balaban J connectivity index is 2.37. The summed E-state index contributed by atoms with van der Waals surface area (Å²) in [5, 5.41) is 0. The maximum Gasteiger partial charge on any atom is 0.156 e. The Morgan fingerprint density at radius 2 is 2.16 bits per heavy atom. The predicted molar refractivity (Wildman–Crippen MR) is 79.5 cm³/mol. The van der Waals surface area contributed by atoms with Gasteiger partial charge in [-0.15, -0.1) is 0 Å². The predicted octanol–water partition coefficient (Wildman–Crippen LogP) is 4.11. The third-order valence-corrected chi connectivity index (χ3v) is 2.78. The second-order valence-corrected chi connectivity index (χ2v) is 4.39. The van der Waals surface area contributed by atoms with Gasteiger partial charge in [0.05, 0.1) is 7.11 Å². The van der Waals surface area contributed by atoms with Crippen LogP contribution in [0, 0.1) is 0 Å². The van der Waals surface area contributed by atoms with Crippen molar-refractivity contribution < 1.29 is 9.53 Å². The molecule has 1 aromatic carbocycles. The molecule has 19 heavy (non-hydrogen) atoms. The van der Waals surface area contributed by atoms with Crippen molar-refractivity contribution in [3.05, 3.63) is 54.1 Å². The average Bonchev–Trinajstić information content (AvgIpc) is 2.45. The summed E-state index contributed by atoms with van der Waals surface area (Å²) in [6.45, 7) is 2.13. The summed E-state index contributed by atoms with van der Waals surface area (Å²) >= 11 is 0. The van der Waals surface area contributed by atoms with E-state index in [4.69, 9.17) is 4.74 Å². The largest absolute Gasteiger partial charge is 0.497 e. The normalized spacial score (nSPS) is 11.3. The summed E-state index contributed by atoms with van der Waals surface area (Å²) in [6.07, 6.45) is 11.0. The van der Waals surface area contributed by atoms with E-state index < -0.39 is 0 Å². The maximum absolute atomic E-state index is 11.7. The summed E-state index contributed by atoms with van der Waals surface area (Å²) in [7, 11) is 1.65. The zero-order chi connectivity index (χ0) is 13.9. The van der Waals surface area contributed by atoms with Crippen LogP contribution in [0.1, 0.15) is 31.7 Å². The zero-order valence-electron chi connectivity index (χ0n) is 11.8. The molecule has 0 spiro atoms. The van der Waals surface area contributed by atoms with Crippen molar-refractivity contribution in [1.82, 2.24) is 0 Å². The van der Waals surface area contributed by atoms with Crippen LogP contribution in [0.25, 0.3) is 0 Å². The molecule has 102 valence electrons. The fraction of sp³-hybridized carbons (Fsp3) is 0.353. The van der Waals surface area contributed by atoms with Crippen molar-refractivity contribution in [3.8, 4) is 5.75 Å². The highest BCUT2D eigenvalue weighted by atomic mass is 16.5. The van der Waals surface area contributed by atoms with Crippen molar-refractivity contribution in [2.45, 2.75) is 32.6 Å². The first-order valence-corrected chi connectivity index (χ1v) is 6.75. The Morgan fingerprint density at radius 1 is 1.32 bits per heavy atom. The third-order valence-electron chi connectivity index (χ3n) is 2.78. The maximum atomic E-state index is 11.7. The van der Waals surface area contributed by atoms with Gasteiger partial charge in [-0.1, -0.05) is 43.7 Å². The molecule has 0 bridgehead atoms. The van der Waals surface area contributed by atoms with Crippen molar-refractivity contribution in [2.75, 3.05) is 7.11 Å². The highest BCUT2D eigenvalue weighted by Gasteiger charge is 1.99. The molecule has 0 unspecified atom stereocenters. The molecular formula is C17H22O2. The van der Waals surface area contributed by atoms with E-state index in [-0.39, 0.29) is 5.78 Å². The minimum atomic E-state index is 0.156. The minimum absolute atomic E-state index is 0.156. The number of benzene rings is 1. The second kappa shape index (κ2) is 9.15. The van der Waals surface area contributed by atoms with Gasteiger partial charge in [-0.2, -0.15) is 0 Å². The number of hydrogen-bond acceptors (Lipinski definition) is 2. The molecule has 0 amide bonds. The lowest BCUT2D eigenvalue weighted by molar-refractivity contribution is -0.114. The molecule has 0 radical (unpaired) electrons. The summed E-state index contributed by atoms with van der Waals surface area (Å²) < 4.78 is 5.16. The molecule has 0 aliphatic rings. The number of allylic oxidation sites excluding steroid dienone is 4. The van der Waals surface area contributed by atoms with E-state index in [1.165, 1.54) is 0 Å². The van der Waals surface area contributed by atoms with Crippen LogP contribution in [-0.4, -0.2) is 12.9 Å². The highest BCUT2D eigenvalue weighted by molar-refractivity contribution is 5.90. The monoisotopic (exact) mass is 258 g/mol. The van der Waals surface area contributed by atoms with Crippen molar-refractivity contribution in [3.63, 3.8) is 0 Å². The molecule has 0 atom stereocenters. The van der Waals surface area contributed by atoms with Gasteiger partial charge in [0, 0.05) is 6.42 Å². The van der Waals surface area contributed by atoms with Gasteiger partial charge in [-0.25, -0.2) is 0 Å². The van der Waals surface area contributed by atoms with Crippen LogP contribution in [0.2, 0.25) is 0 Å². The van der Waals surface area contributed by atoms with E-state index in [0.29, 0.717) is 6.42 Å². The van der Waals surface area contributed by atoms with Gasteiger partial charge in [0.25, 0.3) is 0 Å². The van der Waals surface area contributed by atoms with Crippen LogP contribution in [0.3, 0.4) is 0 Å². The molecule has 0 aromatic heterocycles. The summed E-state index contributed by atoms with van der Waals surface area (Å²) in [4.78, 5) is 11.7. The smallest absolute Gasteiger partial charge is 0.156 e. The van der Waals surface area contributed by atoms with Crippen LogP contribution >= 0.6 is 0 Å². The summed E-state index contributed by atoms with van der Waals surface area (Å²) in [5.74, 6) is 0.993. The molecule has 1 rings (SSSR count). The standard InChI is InChI=1S/C17H22O2/c1-3-4-5-6-7-10-16(18)13-12-15-9-8-11-17(14-15)19-2/h5-11,14H,3-4,12-13H2,1-2H3/b6-5+,10-7+. The number of methoxy groups -OCH3 is 1. The molecule has 2 nitrogen and oxygen atoms in total. The number of carbonyl (C=O) groups is 1. The van der Waals surface area contributed by atoms with Gasteiger partial charge in [0.1, 0.15) is 5.75 Å². The number of ketones is 1. The molecule has 0 aliphatic heterocycles. The van der Waals surface area contributed by atoms with Crippen molar-refractivity contribution in [1.29, 1.82) is 0 Å². The number of unbranched alkanes of at least 4 members (excludes halogenated alkanes) is 1. The summed E-state index contributed by atoms with van der Waals surface area (Å²) in [6, 6.07) is 7.84. The van der Waals surface area contributed by atoms with E-state index in [0.717, 1.165) is 30.6 Å². The van der Waals surface area contributed by atoms with E-state index >= 15 is 0 Å². The first-order valence-electron chi connectivity index (χ1n) is 6.75. The lowest BCUT2D eigenvalue weighted by Gasteiger charge is -2.02. The summed E-state index contributed by atoms with van der Waals surface area (Å²) in [5.41, 5.74) is 1.13. The molecular weight excluding hydrogens is 236 g/mol. The lowest BCUT2D eigenvalue weighted by Crippen LogP contribution is -1.96. The molecule has 0 fully saturated rings.